The van der Waals surface area contributed by atoms with Crippen LogP contribution in [0.15, 0.2) is 18.2 Å². The maximum Gasteiger partial charge on any atom is 0.225 e. The SMILES string of the molecule is CNCCC(=O)Nc1ccc2nc(C3CC3)sc2c1. The van der Waals surface area contributed by atoms with Crippen LogP contribution < -0.4 is 10.6 Å². The molecule has 2 aromatic rings. The number of anilines is 1. The molecule has 1 saturated carbocycles. The van der Waals surface area contributed by atoms with Crippen molar-refractivity contribution in [2.75, 3.05) is 18.9 Å². The van der Waals surface area contributed by atoms with Crippen molar-refractivity contribution in [2.45, 2.75) is 25.2 Å². The van der Waals surface area contributed by atoms with Crippen LogP contribution in [0.2, 0.25) is 0 Å². The molecule has 0 unspecified atom stereocenters. The molecule has 1 aromatic carbocycles. The van der Waals surface area contributed by atoms with E-state index in [0.29, 0.717) is 18.9 Å². The number of hydrogen-bond acceptors (Lipinski definition) is 4. The average Bonchev–Trinajstić information content (AvgIpc) is 3.16. The lowest BCUT2D eigenvalue weighted by molar-refractivity contribution is -0.116. The Bertz CT molecular complexity index is 604. The number of rotatable bonds is 5. The summed E-state index contributed by atoms with van der Waals surface area (Å²) < 4.78 is 1.16. The van der Waals surface area contributed by atoms with Gasteiger partial charge in [0, 0.05) is 24.6 Å². The number of carbonyl (C=O) groups is 1. The monoisotopic (exact) mass is 275 g/mol. The molecule has 1 heterocycles. The van der Waals surface area contributed by atoms with Crippen LogP contribution in [-0.2, 0) is 4.79 Å². The first-order chi connectivity index (χ1) is 9.26. The fourth-order valence-electron chi connectivity index (χ4n) is 1.99. The van der Waals surface area contributed by atoms with E-state index in [9.17, 15) is 4.79 Å². The van der Waals surface area contributed by atoms with E-state index in [1.165, 1.54) is 17.8 Å². The molecule has 4 nitrogen and oxygen atoms in total. The average molecular weight is 275 g/mol. The molecular weight excluding hydrogens is 258 g/mol. The third-order valence-corrected chi connectivity index (χ3v) is 4.40. The van der Waals surface area contributed by atoms with Gasteiger partial charge in [-0.1, -0.05) is 0 Å². The number of amides is 1. The molecule has 5 heteroatoms. The van der Waals surface area contributed by atoms with Gasteiger partial charge in [0.15, 0.2) is 0 Å². The highest BCUT2D eigenvalue weighted by atomic mass is 32.1. The van der Waals surface area contributed by atoms with E-state index in [2.05, 4.69) is 15.6 Å². The smallest absolute Gasteiger partial charge is 0.225 e. The molecule has 3 rings (SSSR count). The Balaban J connectivity index is 1.75. The number of aromatic nitrogens is 1. The van der Waals surface area contributed by atoms with Crippen molar-refractivity contribution in [3.8, 4) is 0 Å². The van der Waals surface area contributed by atoms with Gasteiger partial charge in [-0.15, -0.1) is 11.3 Å². The van der Waals surface area contributed by atoms with Gasteiger partial charge >= 0.3 is 0 Å². The lowest BCUT2D eigenvalue weighted by atomic mass is 10.3. The first-order valence-corrected chi connectivity index (χ1v) is 7.43. The van der Waals surface area contributed by atoms with E-state index in [0.717, 1.165) is 15.9 Å². The molecule has 0 spiro atoms. The van der Waals surface area contributed by atoms with E-state index < -0.39 is 0 Å². The lowest BCUT2D eigenvalue weighted by Gasteiger charge is -2.04. The minimum absolute atomic E-state index is 0.0423. The van der Waals surface area contributed by atoms with Crippen LogP contribution in [0, 0.1) is 0 Å². The molecule has 1 fully saturated rings. The fraction of sp³-hybridized carbons (Fsp3) is 0.429. The van der Waals surface area contributed by atoms with E-state index in [4.69, 9.17) is 0 Å². The molecule has 0 bridgehead atoms. The maximum absolute atomic E-state index is 11.7. The number of carbonyl (C=O) groups excluding carboxylic acids is 1. The summed E-state index contributed by atoms with van der Waals surface area (Å²) in [5.74, 6) is 0.728. The zero-order valence-electron chi connectivity index (χ0n) is 10.9. The van der Waals surface area contributed by atoms with Gasteiger partial charge in [-0.3, -0.25) is 4.79 Å². The van der Waals surface area contributed by atoms with Gasteiger partial charge in [0.05, 0.1) is 15.2 Å². The van der Waals surface area contributed by atoms with Crippen molar-refractivity contribution >= 4 is 33.1 Å². The highest BCUT2D eigenvalue weighted by Crippen LogP contribution is 2.43. The molecule has 0 saturated heterocycles. The van der Waals surface area contributed by atoms with Crippen molar-refractivity contribution in [2.24, 2.45) is 0 Å². The van der Waals surface area contributed by atoms with Gasteiger partial charge in [0.25, 0.3) is 0 Å². The quantitative estimate of drug-likeness (QED) is 0.882. The Hall–Kier alpha value is -1.46. The Morgan fingerprint density at radius 3 is 3.05 bits per heavy atom. The predicted octanol–water partition coefficient (Wildman–Crippen LogP) is 2.72. The molecule has 0 aliphatic heterocycles. The Morgan fingerprint density at radius 2 is 2.32 bits per heavy atom. The number of nitrogens with one attached hydrogen (secondary N) is 2. The Labute approximate surface area is 116 Å². The molecule has 0 radical (unpaired) electrons. The van der Waals surface area contributed by atoms with Crippen molar-refractivity contribution in [3.63, 3.8) is 0 Å². The van der Waals surface area contributed by atoms with E-state index in [-0.39, 0.29) is 5.91 Å². The molecule has 1 aliphatic rings. The maximum atomic E-state index is 11.7. The van der Waals surface area contributed by atoms with Crippen LogP contribution in [0.3, 0.4) is 0 Å². The van der Waals surface area contributed by atoms with Gasteiger partial charge in [0.2, 0.25) is 5.91 Å². The summed E-state index contributed by atoms with van der Waals surface area (Å²) in [6.07, 6.45) is 3.03. The number of fused-ring (bicyclic) bond motifs is 1. The standard InChI is InChI=1S/C14H17N3OS/c1-15-7-6-13(18)16-10-4-5-11-12(8-10)19-14(17-11)9-2-3-9/h4-5,8-9,15H,2-3,6-7H2,1H3,(H,16,18). The van der Waals surface area contributed by atoms with E-state index in [1.807, 2.05) is 25.2 Å². The van der Waals surface area contributed by atoms with Crippen LogP contribution >= 0.6 is 11.3 Å². The molecule has 1 aliphatic carbocycles. The second-order valence-corrected chi connectivity index (χ2v) is 5.97. The second kappa shape index (κ2) is 5.27. The summed E-state index contributed by atoms with van der Waals surface area (Å²) in [4.78, 5) is 16.3. The van der Waals surface area contributed by atoms with Crippen molar-refractivity contribution < 1.29 is 4.79 Å². The summed E-state index contributed by atoms with van der Waals surface area (Å²) in [6, 6.07) is 5.94. The van der Waals surface area contributed by atoms with Crippen LogP contribution in [0.25, 0.3) is 10.2 Å². The van der Waals surface area contributed by atoms with Gasteiger partial charge in [-0.2, -0.15) is 0 Å². The number of hydrogen-bond donors (Lipinski definition) is 2. The highest BCUT2D eigenvalue weighted by Gasteiger charge is 2.26. The summed E-state index contributed by atoms with van der Waals surface area (Å²) >= 11 is 1.75. The molecule has 1 aromatic heterocycles. The van der Waals surface area contributed by atoms with Crippen molar-refractivity contribution in [1.82, 2.24) is 10.3 Å². The minimum Gasteiger partial charge on any atom is -0.326 e. The summed E-state index contributed by atoms with van der Waals surface area (Å²) in [7, 11) is 1.84. The first kappa shape index (κ1) is 12.6. The number of benzene rings is 1. The number of nitrogens with zero attached hydrogens (tertiary/aromatic N) is 1. The topological polar surface area (TPSA) is 54.0 Å². The Morgan fingerprint density at radius 1 is 1.47 bits per heavy atom. The van der Waals surface area contributed by atoms with Gasteiger partial charge in [-0.05, 0) is 38.1 Å². The van der Waals surface area contributed by atoms with Crippen LogP contribution in [0.5, 0.6) is 0 Å². The van der Waals surface area contributed by atoms with E-state index >= 15 is 0 Å². The largest absolute Gasteiger partial charge is 0.326 e. The van der Waals surface area contributed by atoms with Crippen LogP contribution in [0.4, 0.5) is 5.69 Å². The highest BCUT2D eigenvalue weighted by molar-refractivity contribution is 7.18. The van der Waals surface area contributed by atoms with Gasteiger partial charge in [0.1, 0.15) is 0 Å². The van der Waals surface area contributed by atoms with Gasteiger partial charge in [-0.25, -0.2) is 4.98 Å². The normalized spacial score (nSPS) is 14.8. The predicted molar refractivity (Wildman–Crippen MR) is 78.8 cm³/mol. The van der Waals surface area contributed by atoms with Crippen molar-refractivity contribution in [3.05, 3.63) is 23.2 Å². The Kier molecular flexibility index (Phi) is 3.48. The van der Waals surface area contributed by atoms with Crippen molar-refractivity contribution in [1.29, 1.82) is 0 Å². The van der Waals surface area contributed by atoms with Crippen LogP contribution in [0.1, 0.15) is 30.2 Å². The molecule has 1 amide bonds. The third-order valence-electron chi connectivity index (χ3n) is 3.22. The fourth-order valence-corrected chi connectivity index (χ4v) is 3.16. The summed E-state index contributed by atoms with van der Waals surface area (Å²) in [5, 5.41) is 7.14. The molecular formula is C14H17N3OS. The summed E-state index contributed by atoms with van der Waals surface area (Å²) in [6.45, 7) is 0.695. The molecule has 19 heavy (non-hydrogen) atoms. The molecule has 2 N–H and O–H groups in total. The lowest BCUT2D eigenvalue weighted by Crippen LogP contribution is -2.18. The zero-order valence-corrected chi connectivity index (χ0v) is 11.7. The second-order valence-electron chi connectivity index (χ2n) is 4.91. The molecule has 100 valence electrons. The minimum atomic E-state index is 0.0423. The number of thiazole rings is 1. The third kappa shape index (κ3) is 2.93. The first-order valence-electron chi connectivity index (χ1n) is 6.61. The zero-order chi connectivity index (χ0) is 13.2. The van der Waals surface area contributed by atoms with Crippen LogP contribution in [-0.4, -0.2) is 24.5 Å². The molecule has 0 atom stereocenters. The van der Waals surface area contributed by atoms with E-state index in [1.54, 1.807) is 11.3 Å². The summed E-state index contributed by atoms with van der Waals surface area (Å²) in [5.41, 5.74) is 1.90. The van der Waals surface area contributed by atoms with Gasteiger partial charge < -0.3 is 10.6 Å².